The maximum Gasteiger partial charge on any atom is 0.310 e. The van der Waals surface area contributed by atoms with Gasteiger partial charge in [0.05, 0.1) is 40.8 Å². The van der Waals surface area contributed by atoms with E-state index in [0.29, 0.717) is 40.8 Å². The minimum atomic E-state index is -0.320. The smallest absolute Gasteiger partial charge is 0.310 e. The third-order valence-corrected chi connectivity index (χ3v) is 6.47. The molecule has 12 nitrogen and oxygen atoms in total. The molecule has 192 valence electrons. The SMILES string of the molecule is CCOC(=O)Cc1c(C)nc2c(Br)cnn2c1N.Cc1nc2c(Br)cnn2c(N)c1CC(=O)N(C)C. The maximum atomic E-state index is 11.8. The Kier molecular flexibility index (Phi) is 8.51. The summed E-state index contributed by atoms with van der Waals surface area (Å²) < 4.78 is 9.50. The van der Waals surface area contributed by atoms with Gasteiger partial charge in [-0.1, -0.05) is 0 Å². The van der Waals surface area contributed by atoms with Crippen molar-refractivity contribution in [2.75, 3.05) is 32.2 Å². The van der Waals surface area contributed by atoms with E-state index in [9.17, 15) is 9.59 Å². The van der Waals surface area contributed by atoms with Gasteiger partial charge in [-0.2, -0.15) is 19.2 Å². The van der Waals surface area contributed by atoms with Crippen molar-refractivity contribution in [3.8, 4) is 0 Å². The van der Waals surface area contributed by atoms with Crippen LogP contribution in [-0.4, -0.2) is 66.7 Å². The molecule has 4 N–H and O–H groups in total. The van der Waals surface area contributed by atoms with E-state index in [4.69, 9.17) is 16.2 Å². The van der Waals surface area contributed by atoms with Crippen molar-refractivity contribution in [3.05, 3.63) is 43.9 Å². The normalized spacial score (nSPS) is 10.9. The quantitative estimate of drug-likeness (QED) is 0.318. The number of nitrogens with zero attached hydrogens (tertiary/aromatic N) is 7. The first-order valence-electron chi connectivity index (χ1n) is 10.9. The van der Waals surface area contributed by atoms with Crippen LogP contribution < -0.4 is 11.5 Å². The first kappa shape index (κ1) is 27.3. The molecule has 14 heteroatoms. The van der Waals surface area contributed by atoms with Crippen LogP contribution in [-0.2, 0) is 27.2 Å². The maximum absolute atomic E-state index is 11.8. The van der Waals surface area contributed by atoms with Gasteiger partial charge in [-0.25, -0.2) is 9.97 Å². The van der Waals surface area contributed by atoms with E-state index < -0.39 is 0 Å². The number of amides is 1. The van der Waals surface area contributed by atoms with Crippen LogP contribution >= 0.6 is 31.9 Å². The number of likely N-dealkylation sites (N-methyl/N-ethyl adjacent to an activating group) is 1. The van der Waals surface area contributed by atoms with Crippen LogP contribution in [0.3, 0.4) is 0 Å². The third-order valence-electron chi connectivity index (χ3n) is 5.35. The minimum absolute atomic E-state index is 0.0165. The second-order valence-corrected chi connectivity index (χ2v) is 9.73. The van der Waals surface area contributed by atoms with Crippen molar-refractivity contribution < 1.29 is 14.3 Å². The summed E-state index contributed by atoms with van der Waals surface area (Å²) in [6.45, 7) is 5.76. The molecule has 0 radical (unpaired) electrons. The topological polar surface area (TPSA) is 159 Å². The number of hydrogen-bond acceptors (Lipinski definition) is 9. The van der Waals surface area contributed by atoms with Crippen molar-refractivity contribution in [2.24, 2.45) is 0 Å². The summed E-state index contributed by atoms with van der Waals surface area (Å²) in [5, 5.41) is 8.23. The molecule has 4 aromatic rings. The lowest BCUT2D eigenvalue weighted by Gasteiger charge is -2.13. The molecule has 0 atom stereocenters. The predicted octanol–water partition coefficient (Wildman–Crippen LogP) is 2.50. The zero-order valence-corrected chi connectivity index (χ0v) is 23.7. The number of aromatic nitrogens is 6. The number of carbonyl (C=O) groups excluding carboxylic acids is 2. The number of nitrogen functional groups attached to an aromatic ring is 2. The summed E-state index contributed by atoms with van der Waals surface area (Å²) in [6, 6.07) is 0. The predicted molar refractivity (Wildman–Crippen MR) is 142 cm³/mol. The fourth-order valence-electron chi connectivity index (χ4n) is 3.38. The van der Waals surface area contributed by atoms with Gasteiger partial charge in [-0.15, -0.1) is 0 Å². The number of fused-ring (bicyclic) bond motifs is 2. The molecule has 0 fully saturated rings. The van der Waals surface area contributed by atoms with Crippen molar-refractivity contribution in [3.63, 3.8) is 0 Å². The molecule has 0 saturated carbocycles. The van der Waals surface area contributed by atoms with Crippen molar-refractivity contribution in [1.82, 2.24) is 34.1 Å². The second-order valence-electron chi connectivity index (χ2n) is 8.02. The molecule has 1 amide bonds. The highest BCUT2D eigenvalue weighted by molar-refractivity contribution is 9.11. The Bertz CT molecular complexity index is 1450. The van der Waals surface area contributed by atoms with E-state index >= 15 is 0 Å². The molecule has 0 saturated heterocycles. The molecule has 0 spiro atoms. The van der Waals surface area contributed by atoms with E-state index in [2.05, 4.69) is 52.0 Å². The zero-order chi connectivity index (χ0) is 26.7. The Morgan fingerprint density at radius 1 is 0.917 bits per heavy atom. The van der Waals surface area contributed by atoms with Gasteiger partial charge in [0.1, 0.15) is 11.6 Å². The lowest BCUT2D eigenvalue weighted by Crippen LogP contribution is -2.25. The Morgan fingerprint density at radius 2 is 1.36 bits per heavy atom. The summed E-state index contributed by atoms with van der Waals surface area (Å²) in [4.78, 5) is 33.6. The molecule has 0 unspecified atom stereocenters. The fraction of sp³-hybridized carbons (Fsp3) is 0.364. The molecule has 0 aromatic carbocycles. The van der Waals surface area contributed by atoms with Crippen LogP contribution in [0, 0.1) is 13.8 Å². The average Bonchev–Trinajstić information content (AvgIpc) is 3.37. The molecule has 0 aliphatic heterocycles. The van der Waals surface area contributed by atoms with Gasteiger partial charge >= 0.3 is 5.97 Å². The number of halogens is 2. The number of rotatable bonds is 5. The summed E-state index contributed by atoms with van der Waals surface area (Å²) in [5.74, 6) is 0.534. The van der Waals surface area contributed by atoms with Gasteiger partial charge in [-0.3, -0.25) is 9.59 Å². The largest absolute Gasteiger partial charge is 0.466 e. The van der Waals surface area contributed by atoms with Gasteiger partial charge in [0, 0.05) is 36.6 Å². The summed E-state index contributed by atoms with van der Waals surface area (Å²) in [5.41, 5.74) is 16.2. The van der Waals surface area contributed by atoms with Crippen LogP contribution in [0.25, 0.3) is 11.3 Å². The van der Waals surface area contributed by atoms with Gasteiger partial charge in [-0.05, 0) is 52.6 Å². The molecule has 0 bridgehead atoms. The highest BCUT2D eigenvalue weighted by Gasteiger charge is 2.18. The first-order valence-corrected chi connectivity index (χ1v) is 12.5. The van der Waals surface area contributed by atoms with Gasteiger partial charge < -0.3 is 21.1 Å². The first-order chi connectivity index (χ1) is 17.0. The van der Waals surface area contributed by atoms with Crippen LogP contribution in [0.5, 0.6) is 0 Å². The summed E-state index contributed by atoms with van der Waals surface area (Å²) in [6.07, 6.45) is 3.58. The van der Waals surface area contributed by atoms with Gasteiger partial charge in [0.2, 0.25) is 5.91 Å². The summed E-state index contributed by atoms with van der Waals surface area (Å²) in [7, 11) is 3.43. The Balaban J connectivity index is 0.000000201. The number of hydrogen-bond donors (Lipinski definition) is 2. The number of carbonyl (C=O) groups is 2. The monoisotopic (exact) mass is 623 g/mol. The fourth-order valence-corrected chi connectivity index (χ4v) is 4.08. The number of nitrogens with two attached hydrogens (primary N) is 2. The van der Waals surface area contributed by atoms with Crippen molar-refractivity contribution in [2.45, 2.75) is 33.6 Å². The van der Waals surface area contributed by atoms with Crippen LogP contribution in [0.1, 0.15) is 29.4 Å². The molecule has 4 heterocycles. The minimum Gasteiger partial charge on any atom is -0.466 e. The zero-order valence-electron chi connectivity index (χ0n) is 20.5. The van der Waals surface area contributed by atoms with E-state index in [1.165, 1.54) is 13.9 Å². The molecule has 4 rings (SSSR count). The molecule has 0 aliphatic carbocycles. The summed E-state index contributed by atoms with van der Waals surface area (Å²) >= 11 is 6.70. The number of aryl methyl sites for hydroxylation is 2. The lowest BCUT2D eigenvalue weighted by atomic mass is 10.1. The van der Waals surface area contributed by atoms with Gasteiger partial charge in [0.25, 0.3) is 0 Å². The highest BCUT2D eigenvalue weighted by Crippen LogP contribution is 2.24. The molecular weight excluding hydrogens is 598 g/mol. The third kappa shape index (κ3) is 5.59. The van der Waals surface area contributed by atoms with Crippen LogP contribution in [0.15, 0.2) is 21.3 Å². The number of anilines is 2. The number of esters is 1. The Hall–Kier alpha value is -3.26. The average molecular weight is 625 g/mol. The van der Waals surface area contributed by atoms with E-state index in [-0.39, 0.29) is 24.7 Å². The molecule has 4 aromatic heterocycles. The highest BCUT2D eigenvalue weighted by atomic mass is 79.9. The van der Waals surface area contributed by atoms with Crippen LogP contribution in [0.2, 0.25) is 0 Å². The lowest BCUT2D eigenvalue weighted by molar-refractivity contribution is -0.142. The van der Waals surface area contributed by atoms with E-state index in [1.54, 1.807) is 33.4 Å². The van der Waals surface area contributed by atoms with Crippen LogP contribution in [0.4, 0.5) is 11.6 Å². The van der Waals surface area contributed by atoms with E-state index in [0.717, 1.165) is 20.2 Å². The second kappa shape index (κ2) is 11.2. The molecule has 36 heavy (non-hydrogen) atoms. The van der Waals surface area contributed by atoms with Gasteiger partial charge in [0.15, 0.2) is 11.3 Å². The van der Waals surface area contributed by atoms with Crippen molar-refractivity contribution in [1.29, 1.82) is 0 Å². The Morgan fingerprint density at radius 3 is 1.78 bits per heavy atom. The standard InChI is InChI=1S/C11H14BrN5O.C11H13BrN4O2/c1-6-7(4-9(18)16(2)3)10(13)17-11(15-6)8(12)5-14-17;1-3-18-9(17)4-7-6(2)15-11-8(12)5-14-16(11)10(7)13/h5H,4,13H2,1-3H3;5H,3-4,13H2,1-2H3. The van der Waals surface area contributed by atoms with Crippen molar-refractivity contribution >= 4 is 66.7 Å². The number of ether oxygens (including phenoxy) is 1. The molecular formula is C22H27Br2N9O3. The van der Waals surface area contributed by atoms with E-state index in [1.807, 2.05) is 13.8 Å². The Labute approximate surface area is 224 Å². The molecule has 0 aliphatic rings.